The molecule has 1 aromatic rings. The summed E-state index contributed by atoms with van der Waals surface area (Å²) in [6, 6.07) is 5.36. The molecule has 5 heteroatoms. The highest BCUT2D eigenvalue weighted by molar-refractivity contribution is 9.10. The van der Waals surface area contributed by atoms with Gasteiger partial charge in [0, 0.05) is 10.5 Å². The van der Waals surface area contributed by atoms with Gasteiger partial charge in [0.15, 0.2) is 12.9 Å². The number of carbonyl (C=O) groups is 2. The zero-order chi connectivity index (χ0) is 16.1. The van der Waals surface area contributed by atoms with Crippen LogP contribution in [-0.2, 0) is 4.79 Å². The molecule has 1 fully saturated rings. The standard InChI is InChI=1S/C17H22BrNO3/c1-11-4-3-5-15(12(11)2)19-17(21)10-22-16-7-6-14(18)8-13(16)9-20/h6-9,11-12,15H,3-5,10H2,1-2H3,(H,19,21)/t11-,12-,15-/m1/s1. The maximum Gasteiger partial charge on any atom is 0.258 e. The summed E-state index contributed by atoms with van der Waals surface area (Å²) in [5, 5.41) is 3.06. The molecule has 0 aromatic heterocycles. The number of hydrogen-bond acceptors (Lipinski definition) is 3. The first kappa shape index (κ1) is 17.0. The van der Waals surface area contributed by atoms with Crippen LogP contribution in [-0.4, -0.2) is 24.8 Å². The number of rotatable bonds is 5. The minimum atomic E-state index is -0.134. The van der Waals surface area contributed by atoms with E-state index in [1.165, 1.54) is 6.42 Å². The van der Waals surface area contributed by atoms with Crippen molar-refractivity contribution in [2.24, 2.45) is 11.8 Å². The zero-order valence-electron chi connectivity index (χ0n) is 13.0. The number of carbonyl (C=O) groups excluding carboxylic acids is 2. The van der Waals surface area contributed by atoms with Crippen LogP contribution in [0.2, 0.25) is 0 Å². The lowest BCUT2D eigenvalue weighted by atomic mass is 9.78. The Morgan fingerprint density at radius 3 is 2.91 bits per heavy atom. The third kappa shape index (κ3) is 4.32. The van der Waals surface area contributed by atoms with E-state index in [9.17, 15) is 9.59 Å². The van der Waals surface area contributed by atoms with Gasteiger partial charge < -0.3 is 10.1 Å². The summed E-state index contributed by atoms with van der Waals surface area (Å²) in [4.78, 5) is 23.1. The van der Waals surface area contributed by atoms with Crippen LogP contribution in [0.15, 0.2) is 22.7 Å². The summed E-state index contributed by atoms with van der Waals surface area (Å²) in [7, 11) is 0. The van der Waals surface area contributed by atoms with Crippen LogP contribution in [0.1, 0.15) is 43.5 Å². The highest BCUT2D eigenvalue weighted by Crippen LogP contribution is 2.29. The quantitative estimate of drug-likeness (QED) is 0.809. The molecule has 0 aliphatic heterocycles. The number of nitrogens with one attached hydrogen (secondary N) is 1. The van der Waals surface area contributed by atoms with Gasteiger partial charge in [0.2, 0.25) is 0 Å². The number of hydrogen-bond donors (Lipinski definition) is 1. The van der Waals surface area contributed by atoms with Crippen molar-refractivity contribution in [1.82, 2.24) is 5.32 Å². The van der Waals surface area contributed by atoms with Gasteiger partial charge in [-0.3, -0.25) is 9.59 Å². The topological polar surface area (TPSA) is 55.4 Å². The summed E-state index contributed by atoms with van der Waals surface area (Å²) >= 11 is 3.30. The van der Waals surface area contributed by atoms with Crippen molar-refractivity contribution in [3.8, 4) is 5.75 Å². The molecule has 0 unspecified atom stereocenters. The molecule has 4 nitrogen and oxygen atoms in total. The maximum atomic E-state index is 12.1. The molecule has 0 heterocycles. The van der Waals surface area contributed by atoms with Gasteiger partial charge in [0.05, 0.1) is 5.56 Å². The average Bonchev–Trinajstić information content (AvgIpc) is 2.50. The Morgan fingerprint density at radius 2 is 2.18 bits per heavy atom. The lowest BCUT2D eigenvalue weighted by Crippen LogP contribution is -2.45. The number of aldehydes is 1. The second-order valence-electron chi connectivity index (χ2n) is 6.03. The van der Waals surface area contributed by atoms with Gasteiger partial charge in [-0.15, -0.1) is 0 Å². The van der Waals surface area contributed by atoms with Gasteiger partial charge in [-0.1, -0.05) is 42.6 Å². The Morgan fingerprint density at radius 1 is 1.41 bits per heavy atom. The van der Waals surface area contributed by atoms with Crippen molar-refractivity contribution < 1.29 is 14.3 Å². The van der Waals surface area contributed by atoms with Crippen LogP contribution in [0, 0.1) is 11.8 Å². The molecule has 0 saturated heterocycles. The molecule has 1 aliphatic carbocycles. The van der Waals surface area contributed by atoms with E-state index in [-0.39, 0.29) is 18.6 Å². The first-order valence-corrected chi connectivity index (χ1v) is 8.47. The predicted molar refractivity (Wildman–Crippen MR) is 89.1 cm³/mol. The molecule has 1 saturated carbocycles. The second-order valence-corrected chi connectivity index (χ2v) is 6.95. The van der Waals surface area contributed by atoms with Crippen molar-refractivity contribution in [1.29, 1.82) is 0 Å². The fraction of sp³-hybridized carbons (Fsp3) is 0.529. The molecule has 0 spiro atoms. The fourth-order valence-corrected chi connectivity index (χ4v) is 3.30. The number of halogens is 1. The zero-order valence-corrected chi connectivity index (χ0v) is 14.6. The van der Waals surface area contributed by atoms with Crippen molar-refractivity contribution in [2.75, 3.05) is 6.61 Å². The lowest BCUT2D eigenvalue weighted by molar-refractivity contribution is -0.124. The van der Waals surface area contributed by atoms with Crippen molar-refractivity contribution in [2.45, 2.75) is 39.2 Å². The largest absolute Gasteiger partial charge is 0.483 e. The summed E-state index contributed by atoms with van der Waals surface area (Å²) < 4.78 is 6.29. The van der Waals surface area contributed by atoms with Crippen LogP contribution in [0.4, 0.5) is 0 Å². The molecular weight excluding hydrogens is 346 g/mol. The number of ether oxygens (including phenoxy) is 1. The minimum Gasteiger partial charge on any atom is -0.483 e. The first-order valence-electron chi connectivity index (χ1n) is 7.68. The number of amides is 1. The summed E-state index contributed by atoms with van der Waals surface area (Å²) in [5.74, 6) is 1.41. The summed E-state index contributed by atoms with van der Waals surface area (Å²) in [6.45, 7) is 4.35. The monoisotopic (exact) mass is 367 g/mol. The van der Waals surface area contributed by atoms with Crippen LogP contribution in [0.3, 0.4) is 0 Å². The predicted octanol–water partition coefficient (Wildman–Crippen LogP) is 3.58. The van der Waals surface area contributed by atoms with Gasteiger partial charge in [-0.2, -0.15) is 0 Å². The molecule has 3 atom stereocenters. The molecule has 1 aromatic carbocycles. The first-order chi connectivity index (χ1) is 10.5. The third-order valence-electron chi connectivity index (χ3n) is 4.51. The SMILES string of the molecule is C[C@@H]1[C@H](C)CCC[C@H]1NC(=O)COc1ccc(Br)cc1C=O. The summed E-state index contributed by atoms with van der Waals surface area (Å²) in [5.41, 5.74) is 0.432. The molecule has 2 rings (SSSR count). The maximum absolute atomic E-state index is 12.1. The molecule has 120 valence electrons. The van der Waals surface area contributed by atoms with Crippen LogP contribution in [0.5, 0.6) is 5.75 Å². The number of benzene rings is 1. The molecule has 22 heavy (non-hydrogen) atoms. The van der Waals surface area contributed by atoms with E-state index in [2.05, 4.69) is 35.1 Å². The van der Waals surface area contributed by atoms with E-state index in [0.717, 1.165) is 23.6 Å². The van der Waals surface area contributed by atoms with Crippen molar-refractivity contribution in [3.63, 3.8) is 0 Å². The van der Waals surface area contributed by atoms with Gasteiger partial charge in [-0.05, 0) is 36.5 Å². The smallest absolute Gasteiger partial charge is 0.258 e. The van der Waals surface area contributed by atoms with Crippen LogP contribution >= 0.6 is 15.9 Å². The van der Waals surface area contributed by atoms with Crippen LogP contribution < -0.4 is 10.1 Å². The molecule has 1 amide bonds. The molecule has 1 aliphatic rings. The highest BCUT2D eigenvalue weighted by Gasteiger charge is 2.28. The molecule has 0 bridgehead atoms. The van der Waals surface area contributed by atoms with Gasteiger partial charge in [0.25, 0.3) is 5.91 Å². The average molecular weight is 368 g/mol. The van der Waals surface area contributed by atoms with Gasteiger partial charge in [0.1, 0.15) is 5.75 Å². The van der Waals surface area contributed by atoms with E-state index in [4.69, 9.17) is 4.74 Å². The fourth-order valence-electron chi connectivity index (χ4n) is 2.92. The molecule has 1 N–H and O–H groups in total. The van der Waals surface area contributed by atoms with E-state index in [1.807, 2.05) is 0 Å². The Hall–Kier alpha value is -1.36. The van der Waals surface area contributed by atoms with E-state index >= 15 is 0 Å². The Labute approximate surface area is 139 Å². The van der Waals surface area contributed by atoms with Crippen LogP contribution in [0.25, 0.3) is 0 Å². The minimum absolute atomic E-state index is 0.0694. The highest BCUT2D eigenvalue weighted by atomic mass is 79.9. The second kappa shape index (κ2) is 7.77. The molecule has 0 radical (unpaired) electrons. The third-order valence-corrected chi connectivity index (χ3v) is 5.00. The summed E-state index contributed by atoms with van der Waals surface area (Å²) in [6.07, 6.45) is 4.13. The lowest BCUT2D eigenvalue weighted by Gasteiger charge is -2.34. The normalized spacial score (nSPS) is 24.6. The molecular formula is C17H22BrNO3. The Balaban J connectivity index is 1.89. The van der Waals surface area contributed by atoms with Gasteiger partial charge >= 0.3 is 0 Å². The van der Waals surface area contributed by atoms with E-state index in [0.29, 0.717) is 23.1 Å². The van der Waals surface area contributed by atoms with Gasteiger partial charge in [-0.25, -0.2) is 0 Å². The van der Waals surface area contributed by atoms with E-state index < -0.39 is 0 Å². The van der Waals surface area contributed by atoms with Crippen molar-refractivity contribution in [3.05, 3.63) is 28.2 Å². The van der Waals surface area contributed by atoms with E-state index in [1.54, 1.807) is 18.2 Å². The van der Waals surface area contributed by atoms with Crippen molar-refractivity contribution >= 4 is 28.1 Å². The Kier molecular flexibility index (Phi) is 6.00. The Bertz CT molecular complexity index is 547.